The Kier molecular flexibility index (Phi) is 8.30. The van der Waals surface area contributed by atoms with Crippen molar-refractivity contribution < 1.29 is 14.6 Å². The Labute approximate surface area is 127 Å². The maximum Gasteiger partial charge on any atom is 0.123 e. The molecule has 0 fully saturated rings. The maximum atomic E-state index is 10.2. The first-order valence-corrected chi connectivity index (χ1v) is 7.44. The zero-order chi connectivity index (χ0) is 15.7. The van der Waals surface area contributed by atoms with Gasteiger partial charge in [0.2, 0.25) is 0 Å². The van der Waals surface area contributed by atoms with Crippen LogP contribution in [0.3, 0.4) is 0 Å². The number of hydrogen-bond donors (Lipinski definition) is 2. The van der Waals surface area contributed by atoms with Crippen molar-refractivity contribution in [1.82, 2.24) is 4.90 Å². The van der Waals surface area contributed by atoms with Crippen molar-refractivity contribution in [3.05, 3.63) is 29.8 Å². The number of likely N-dealkylation sites (N-methyl/N-ethyl adjacent to an activating group) is 1. The van der Waals surface area contributed by atoms with Crippen molar-refractivity contribution in [3.8, 4) is 5.75 Å². The molecule has 0 saturated carbocycles. The standard InChI is InChI=1S/C16H28N2O3/c1-4-18(13(2)11-20-3)10-15(19)12-21-16-8-6-5-7-14(16)9-17/h5-8,13,15,19H,4,9-12,17H2,1-3H3. The Morgan fingerprint density at radius 1 is 1.29 bits per heavy atom. The van der Waals surface area contributed by atoms with Gasteiger partial charge in [-0.2, -0.15) is 0 Å². The summed E-state index contributed by atoms with van der Waals surface area (Å²) in [7, 11) is 1.69. The van der Waals surface area contributed by atoms with Crippen LogP contribution in [-0.2, 0) is 11.3 Å². The van der Waals surface area contributed by atoms with E-state index < -0.39 is 6.10 Å². The van der Waals surface area contributed by atoms with Crippen molar-refractivity contribution in [2.45, 2.75) is 32.5 Å². The van der Waals surface area contributed by atoms with E-state index in [0.717, 1.165) is 17.9 Å². The van der Waals surface area contributed by atoms with E-state index in [0.29, 0.717) is 19.7 Å². The highest BCUT2D eigenvalue weighted by Gasteiger charge is 2.16. The normalized spacial score (nSPS) is 14.2. The molecule has 2 unspecified atom stereocenters. The van der Waals surface area contributed by atoms with Crippen molar-refractivity contribution in [1.29, 1.82) is 0 Å². The summed E-state index contributed by atoms with van der Waals surface area (Å²) < 4.78 is 10.8. The summed E-state index contributed by atoms with van der Waals surface area (Å²) >= 11 is 0. The average Bonchev–Trinajstić information content (AvgIpc) is 2.50. The number of nitrogens with two attached hydrogens (primary N) is 1. The first-order valence-electron chi connectivity index (χ1n) is 7.44. The average molecular weight is 296 g/mol. The summed E-state index contributed by atoms with van der Waals surface area (Å²) in [6, 6.07) is 7.91. The minimum atomic E-state index is -0.546. The van der Waals surface area contributed by atoms with Crippen LogP contribution in [0.1, 0.15) is 19.4 Å². The zero-order valence-corrected chi connectivity index (χ0v) is 13.3. The topological polar surface area (TPSA) is 68.0 Å². The van der Waals surface area contributed by atoms with Crippen molar-refractivity contribution >= 4 is 0 Å². The molecular formula is C16H28N2O3. The van der Waals surface area contributed by atoms with E-state index in [4.69, 9.17) is 15.2 Å². The van der Waals surface area contributed by atoms with Gasteiger partial charge in [0.05, 0.1) is 6.61 Å². The molecule has 5 nitrogen and oxygen atoms in total. The third-order valence-electron chi connectivity index (χ3n) is 3.51. The van der Waals surface area contributed by atoms with Gasteiger partial charge in [-0.15, -0.1) is 0 Å². The maximum absolute atomic E-state index is 10.2. The molecule has 3 N–H and O–H groups in total. The molecule has 5 heteroatoms. The quantitative estimate of drug-likeness (QED) is 0.680. The number of nitrogens with zero attached hydrogens (tertiary/aromatic N) is 1. The van der Waals surface area contributed by atoms with E-state index in [-0.39, 0.29) is 12.6 Å². The highest BCUT2D eigenvalue weighted by atomic mass is 16.5. The number of rotatable bonds is 10. The molecule has 0 heterocycles. The fraction of sp³-hybridized carbons (Fsp3) is 0.625. The molecule has 0 radical (unpaired) electrons. The monoisotopic (exact) mass is 296 g/mol. The van der Waals surface area contributed by atoms with Gasteiger partial charge in [0.1, 0.15) is 18.5 Å². The third kappa shape index (κ3) is 6.01. The van der Waals surface area contributed by atoms with Gasteiger partial charge in [0.25, 0.3) is 0 Å². The molecule has 1 aromatic rings. The first kappa shape index (κ1) is 17.9. The van der Waals surface area contributed by atoms with Crippen LogP contribution in [-0.4, -0.2) is 55.6 Å². The van der Waals surface area contributed by atoms with E-state index in [9.17, 15) is 5.11 Å². The first-order chi connectivity index (χ1) is 10.1. The number of aliphatic hydroxyl groups is 1. The Hall–Kier alpha value is -1.14. The lowest BCUT2D eigenvalue weighted by Crippen LogP contribution is -2.42. The summed E-state index contributed by atoms with van der Waals surface area (Å²) in [6.07, 6.45) is -0.546. The summed E-state index contributed by atoms with van der Waals surface area (Å²) in [6.45, 7) is 6.92. The van der Waals surface area contributed by atoms with Gasteiger partial charge >= 0.3 is 0 Å². The van der Waals surface area contributed by atoms with Gasteiger partial charge in [0, 0.05) is 31.8 Å². The van der Waals surface area contributed by atoms with Crippen LogP contribution >= 0.6 is 0 Å². The number of ether oxygens (including phenoxy) is 2. The SMILES string of the molecule is CCN(CC(O)COc1ccccc1CN)C(C)COC. The van der Waals surface area contributed by atoms with Crippen LogP contribution in [0.5, 0.6) is 5.75 Å². The minimum absolute atomic E-state index is 0.257. The zero-order valence-electron chi connectivity index (χ0n) is 13.3. The number of hydrogen-bond acceptors (Lipinski definition) is 5. The minimum Gasteiger partial charge on any atom is -0.491 e. The molecular weight excluding hydrogens is 268 g/mol. The molecule has 0 aliphatic rings. The van der Waals surface area contributed by atoms with Crippen molar-refractivity contribution in [3.63, 3.8) is 0 Å². The predicted octanol–water partition coefficient (Wildman–Crippen LogP) is 1.24. The van der Waals surface area contributed by atoms with Gasteiger partial charge < -0.3 is 20.3 Å². The summed E-state index contributed by atoms with van der Waals surface area (Å²) in [5.74, 6) is 0.743. The van der Waals surface area contributed by atoms with Crippen molar-refractivity contribution in [2.24, 2.45) is 5.73 Å². The van der Waals surface area contributed by atoms with Gasteiger partial charge in [-0.3, -0.25) is 4.90 Å². The summed E-state index contributed by atoms with van der Waals surface area (Å²) in [5, 5.41) is 10.2. The highest BCUT2D eigenvalue weighted by Crippen LogP contribution is 2.17. The van der Waals surface area contributed by atoms with Gasteiger partial charge in [0.15, 0.2) is 0 Å². The fourth-order valence-electron chi connectivity index (χ4n) is 2.29. The molecule has 0 saturated heterocycles. The van der Waals surface area contributed by atoms with Crippen LogP contribution in [0.2, 0.25) is 0 Å². The molecule has 0 spiro atoms. The van der Waals surface area contributed by atoms with Gasteiger partial charge in [-0.25, -0.2) is 0 Å². The number of methoxy groups -OCH3 is 1. The van der Waals surface area contributed by atoms with Crippen LogP contribution in [0.25, 0.3) is 0 Å². The van der Waals surface area contributed by atoms with E-state index in [1.54, 1.807) is 7.11 Å². The third-order valence-corrected chi connectivity index (χ3v) is 3.51. The number of aliphatic hydroxyl groups excluding tert-OH is 1. The van der Waals surface area contributed by atoms with E-state index >= 15 is 0 Å². The van der Waals surface area contributed by atoms with Crippen LogP contribution < -0.4 is 10.5 Å². The lowest BCUT2D eigenvalue weighted by atomic mass is 10.2. The second kappa shape index (κ2) is 9.73. The second-order valence-electron chi connectivity index (χ2n) is 5.17. The largest absolute Gasteiger partial charge is 0.491 e. The molecule has 0 aliphatic heterocycles. The molecule has 0 aliphatic carbocycles. The molecule has 0 bridgehead atoms. The van der Waals surface area contributed by atoms with Crippen LogP contribution in [0.15, 0.2) is 24.3 Å². The van der Waals surface area contributed by atoms with Crippen LogP contribution in [0.4, 0.5) is 0 Å². The van der Waals surface area contributed by atoms with Gasteiger partial charge in [-0.05, 0) is 19.5 Å². The summed E-state index contributed by atoms with van der Waals surface area (Å²) in [5.41, 5.74) is 6.62. The molecule has 0 aromatic heterocycles. The van der Waals surface area contributed by atoms with E-state index in [2.05, 4.69) is 18.7 Å². The Morgan fingerprint density at radius 3 is 2.62 bits per heavy atom. The fourth-order valence-corrected chi connectivity index (χ4v) is 2.29. The lowest BCUT2D eigenvalue weighted by Gasteiger charge is -2.29. The van der Waals surface area contributed by atoms with Gasteiger partial charge in [-0.1, -0.05) is 25.1 Å². The Balaban J connectivity index is 2.47. The molecule has 0 amide bonds. The highest BCUT2D eigenvalue weighted by molar-refractivity contribution is 5.32. The number of para-hydroxylation sites is 1. The Bertz CT molecular complexity index is 401. The molecule has 1 rings (SSSR count). The predicted molar refractivity (Wildman–Crippen MR) is 84.4 cm³/mol. The number of benzene rings is 1. The molecule has 120 valence electrons. The van der Waals surface area contributed by atoms with Crippen molar-refractivity contribution in [2.75, 3.05) is 33.4 Å². The van der Waals surface area contributed by atoms with E-state index in [1.807, 2.05) is 24.3 Å². The lowest BCUT2D eigenvalue weighted by molar-refractivity contribution is 0.0366. The second-order valence-corrected chi connectivity index (χ2v) is 5.17. The smallest absolute Gasteiger partial charge is 0.123 e. The molecule has 2 atom stereocenters. The van der Waals surface area contributed by atoms with E-state index in [1.165, 1.54) is 0 Å². The van der Waals surface area contributed by atoms with Crippen LogP contribution in [0, 0.1) is 0 Å². The molecule has 1 aromatic carbocycles. The molecule has 21 heavy (non-hydrogen) atoms. The summed E-state index contributed by atoms with van der Waals surface area (Å²) in [4.78, 5) is 2.17. The Morgan fingerprint density at radius 2 is 2.00 bits per heavy atom.